The lowest BCUT2D eigenvalue weighted by Crippen LogP contribution is -2.34. The predicted octanol–water partition coefficient (Wildman–Crippen LogP) is 4.43. The van der Waals surface area contributed by atoms with Crippen molar-refractivity contribution in [2.75, 3.05) is 30.3 Å². The number of rotatable bonds is 7. The molecule has 0 spiro atoms. The zero-order chi connectivity index (χ0) is 20.9. The van der Waals surface area contributed by atoms with Crippen LogP contribution in [0.2, 0.25) is 5.02 Å². The number of nitrogens with one attached hydrogen (secondary N) is 1. The third-order valence-corrected chi connectivity index (χ3v) is 7.55. The van der Waals surface area contributed by atoms with Crippen molar-refractivity contribution >= 4 is 56.1 Å². The largest absolute Gasteiger partial charge is 0.355 e. The second-order valence-electron chi connectivity index (χ2n) is 7.54. The van der Waals surface area contributed by atoms with Crippen LogP contribution in [0.25, 0.3) is 10.3 Å². The number of carbonyl (C=O) groups is 1. The molecule has 1 aliphatic heterocycles. The van der Waals surface area contributed by atoms with E-state index in [4.69, 9.17) is 16.6 Å². The van der Waals surface area contributed by atoms with Crippen LogP contribution in [0, 0.1) is 5.92 Å². The van der Waals surface area contributed by atoms with Gasteiger partial charge in [0.05, 0.1) is 5.75 Å². The number of piperidine rings is 1. The molecule has 0 bridgehead atoms. The summed E-state index contributed by atoms with van der Waals surface area (Å²) < 4.78 is 0.963. The molecule has 1 N–H and O–H groups in total. The molecular weight excluding hydrogens is 438 g/mol. The van der Waals surface area contributed by atoms with Gasteiger partial charge in [-0.05, 0) is 42.9 Å². The van der Waals surface area contributed by atoms with Gasteiger partial charge in [0.2, 0.25) is 5.91 Å². The van der Waals surface area contributed by atoms with Gasteiger partial charge in [-0.3, -0.25) is 4.79 Å². The number of fused-ring (bicyclic) bond motifs is 1. The monoisotopic (exact) mass is 461 g/mol. The molecule has 0 saturated carbocycles. The number of carbonyl (C=O) groups excluding carboxylic acids is 1. The summed E-state index contributed by atoms with van der Waals surface area (Å²) in [4.78, 5) is 28.1. The number of amides is 1. The molecule has 1 saturated heterocycles. The SMILES string of the molecule is CC1CCCN(c2nc3ncnc(SCC(=O)NCCc4ccc(Cl)cc4)c3s2)C1. The number of aromatic nitrogens is 3. The zero-order valence-corrected chi connectivity index (χ0v) is 19.2. The molecule has 1 amide bonds. The van der Waals surface area contributed by atoms with E-state index >= 15 is 0 Å². The topological polar surface area (TPSA) is 71.0 Å². The Hall–Kier alpha value is -1.90. The summed E-state index contributed by atoms with van der Waals surface area (Å²) in [6.45, 7) is 4.95. The smallest absolute Gasteiger partial charge is 0.230 e. The van der Waals surface area contributed by atoms with Gasteiger partial charge < -0.3 is 10.2 Å². The van der Waals surface area contributed by atoms with E-state index in [9.17, 15) is 4.79 Å². The van der Waals surface area contributed by atoms with Gasteiger partial charge in [0.25, 0.3) is 0 Å². The molecule has 6 nitrogen and oxygen atoms in total. The van der Waals surface area contributed by atoms with Crippen molar-refractivity contribution in [1.82, 2.24) is 20.3 Å². The molecule has 3 aromatic rings. The number of halogens is 1. The Labute approximate surface area is 189 Å². The molecule has 30 heavy (non-hydrogen) atoms. The van der Waals surface area contributed by atoms with Crippen molar-refractivity contribution in [3.63, 3.8) is 0 Å². The summed E-state index contributed by atoms with van der Waals surface area (Å²) in [6, 6.07) is 7.68. The molecule has 3 heterocycles. The maximum Gasteiger partial charge on any atom is 0.230 e. The molecule has 158 valence electrons. The van der Waals surface area contributed by atoms with E-state index < -0.39 is 0 Å². The van der Waals surface area contributed by atoms with Crippen LogP contribution in [-0.2, 0) is 11.2 Å². The first-order valence-corrected chi connectivity index (χ1v) is 12.3. The maximum atomic E-state index is 12.3. The van der Waals surface area contributed by atoms with E-state index in [2.05, 4.69) is 27.1 Å². The lowest BCUT2D eigenvalue weighted by atomic mass is 10.0. The minimum Gasteiger partial charge on any atom is -0.355 e. The van der Waals surface area contributed by atoms with Crippen LogP contribution in [0.4, 0.5) is 5.13 Å². The van der Waals surface area contributed by atoms with Gasteiger partial charge in [-0.25, -0.2) is 9.97 Å². The predicted molar refractivity (Wildman–Crippen MR) is 125 cm³/mol. The fraction of sp³-hybridized carbons (Fsp3) is 0.429. The summed E-state index contributed by atoms with van der Waals surface area (Å²) in [5, 5.41) is 5.51. The van der Waals surface area contributed by atoms with Crippen LogP contribution in [0.1, 0.15) is 25.3 Å². The van der Waals surface area contributed by atoms with Crippen molar-refractivity contribution in [2.45, 2.75) is 31.2 Å². The van der Waals surface area contributed by atoms with Gasteiger partial charge in [0.15, 0.2) is 10.8 Å². The first-order valence-electron chi connectivity index (χ1n) is 10.1. The third kappa shape index (κ3) is 5.42. The van der Waals surface area contributed by atoms with E-state index in [1.54, 1.807) is 11.3 Å². The van der Waals surface area contributed by atoms with Gasteiger partial charge >= 0.3 is 0 Å². The fourth-order valence-electron chi connectivity index (χ4n) is 3.51. The Balaban J connectivity index is 1.33. The van der Waals surface area contributed by atoms with E-state index in [1.165, 1.54) is 30.9 Å². The van der Waals surface area contributed by atoms with E-state index in [0.717, 1.165) is 45.0 Å². The Morgan fingerprint density at radius 3 is 2.97 bits per heavy atom. The van der Waals surface area contributed by atoms with Crippen molar-refractivity contribution < 1.29 is 4.79 Å². The molecule has 1 unspecified atom stereocenters. The van der Waals surface area contributed by atoms with Gasteiger partial charge in [0, 0.05) is 24.7 Å². The van der Waals surface area contributed by atoms with Gasteiger partial charge in [0.1, 0.15) is 16.1 Å². The number of thioether (sulfide) groups is 1. The number of benzene rings is 1. The van der Waals surface area contributed by atoms with Gasteiger partial charge in [-0.15, -0.1) is 0 Å². The standard InChI is InChI=1S/C21H24ClN5OS2/c1-14-3-2-10-27(11-14)21-26-19-18(30-21)20(25-13-24-19)29-12-17(28)23-9-8-15-4-6-16(22)7-5-15/h4-7,13-14H,2-3,8-12H2,1H3,(H,23,28). The molecule has 1 atom stereocenters. The highest BCUT2D eigenvalue weighted by Crippen LogP contribution is 2.35. The molecule has 0 radical (unpaired) electrons. The molecular formula is C21H24ClN5OS2. The number of thiazole rings is 1. The van der Waals surface area contributed by atoms with E-state index in [0.29, 0.717) is 23.9 Å². The van der Waals surface area contributed by atoms with Gasteiger partial charge in [-0.1, -0.05) is 53.8 Å². The van der Waals surface area contributed by atoms with Crippen LogP contribution in [-0.4, -0.2) is 46.2 Å². The zero-order valence-electron chi connectivity index (χ0n) is 16.8. The molecule has 1 aromatic carbocycles. The van der Waals surface area contributed by atoms with Crippen molar-refractivity contribution in [3.05, 3.63) is 41.2 Å². The van der Waals surface area contributed by atoms with Crippen molar-refractivity contribution in [1.29, 1.82) is 0 Å². The highest BCUT2D eigenvalue weighted by Gasteiger charge is 2.21. The summed E-state index contributed by atoms with van der Waals surface area (Å²) in [6.07, 6.45) is 4.78. The Bertz CT molecular complexity index is 1010. The van der Waals surface area contributed by atoms with E-state index in [1.807, 2.05) is 24.3 Å². The highest BCUT2D eigenvalue weighted by molar-refractivity contribution is 8.00. The second-order valence-corrected chi connectivity index (χ2v) is 9.91. The third-order valence-electron chi connectivity index (χ3n) is 5.06. The minimum absolute atomic E-state index is 0.00433. The first-order chi connectivity index (χ1) is 14.6. The van der Waals surface area contributed by atoms with Crippen LogP contribution >= 0.6 is 34.7 Å². The molecule has 4 rings (SSSR count). The second kappa shape index (κ2) is 9.94. The minimum atomic E-state index is -0.00433. The van der Waals surface area contributed by atoms with Crippen molar-refractivity contribution in [2.24, 2.45) is 5.92 Å². The Kier molecular flexibility index (Phi) is 7.07. The summed E-state index contributed by atoms with van der Waals surface area (Å²) in [5.74, 6) is 0.998. The first kappa shape index (κ1) is 21.3. The fourth-order valence-corrected chi connectivity index (χ4v) is 5.59. The van der Waals surface area contributed by atoms with Crippen molar-refractivity contribution in [3.8, 4) is 0 Å². The Morgan fingerprint density at radius 1 is 1.33 bits per heavy atom. The summed E-state index contributed by atoms with van der Waals surface area (Å²) in [5.41, 5.74) is 1.86. The van der Waals surface area contributed by atoms with Crippen LogP contribution in [0.3, 0.4) is 0 Å². The number of hydrogen-bond donors (Lipinski definition) is 1. The number of anilines is 1. The van der Waals surface area contributed by atoms with Gasteiger partial charge in [-0.2, -0.15) is 4.98 Å². The summed E-state index contributed by atoms with van der Waals surface area (Å²) >= 11 is 8.96. The average molecular weight is 462 g/mol. The number of hydrogen-bond acceptors (Lipinski definition) is 7. The normalized spacial score (nSPS) is 16.7. The lowest BCUT2D eigenvalue weighted by molar-refractivity contribution is -0.118. The Morgan fingerprint density at radius 2 is 2.17 bits per heavy atom. The maximum absolute atomic E-state index is 12.3. The molecule has 2 aromatic heterocycles. The molecule has 9 heteroatoms. The van der Waals surface area contributed by atoms with Crippen LogP contribution in [0.15, 0.2) is 35.6 Å². The number of nitrogens with zero attached hydrogens (tertiary/aromatic N) is 4. The van der Waals surface area contributed by atoms with Crippen LogP contribution < -0.4 is 10.2 Å². The quantitative estimate of drug-likeness (QED) is 0.414. The molecule has 1 fully saturated rings. The summed E-state index contributed by atoms with van der Waals surface area (Å²) in [7, 11) is 0. The average Bonchev–Trinajstić information content (AvgIpc) is 3.19. The van der Waals surface area contributed by atoms with E-state index in [-0.39, 0.29) is 5.91 Å². The highest BCUT2D eigenvalue weighted by atomic mass is 35.5. The van der Waals surface area contributed by atoms with Crippen LogP contribution in [0.5, 0.6) is 0 Å². The lowest BCUT2D eigenvalue weighted by Gasteiger charge is -2.30. The molecule has 0 aliphatic carbocycles. The molecule has 1 aliphatic rings.